The van der Waals surface area contributed by atoms with Crippen LogP contribution in [0.3, 0.4) is 0 Å². The van der Waals surface area contributed by atoms with Crippen molar-refractivity contribution in [1.82, 2.24) is 0 Å². The molecule has 0 N–H and O–H groups in total. The SMILES string of the molecule is Cl[Se](c1ccccc1)(c1ccccc1)c1ccccc1. The summed E-state index contributed by atoms with van der Waals surface area (Å²) in [5.74, 6) is 0. The summed E-state index contributed by atoms with van der Waals surface area (Å²) in [6.45, 7) is 0. The van der Waals surface area contributed by atoms with Crippen molar-refractivity contribution in [2.24, 2.45) is 0 Å². The van der Waals surface area contributed by atoms with Gasteiger partial charge in [0, 0.05) is 0 Å². The summed E-state index contributed by atoms with van der Waals surface area (Å²) in [5, 5.41) is 0. The Hall–Kier alpha value is -1.53. The molecular formula is C18H15ClSe. The summed E-state index contributed by atoms with van der Waals surface area (Å²) in [7, 11) is 7.27. The van der Waals surface area contributed by atoms with Crippen LogP contribution in [0, 0.1) is 0 Å². The van der Waals surface area contributed by atoms with E-state index in [1.807, 2.05) is 18.2 Å². The zero-order chi connectivity index (χ0) is 13.8. The van der Waals surface area contributed by atoms with Gasteiger partial charge in [-0.2, -0.15) is 0 Å². The quantitative estimate of drug-likeness (QED) is 0.640. The first-order chi connectivity index (χ1) is 9.82. The number of benzene rings is 3. The Morgan fingerprint density at radius 3 is 0.950 bits per heavy atom. The molecule has 100 valence electrons. The van der Waals surface area contributed by atoms with Crippen LogP contribution in [0.1, 0.15) is 0 Å². The maximum absolute atomic E-state index is 7.27. The molecular weight excluding hydrogens is 331 g/mol. The minimum absolute atomic E-state index is 1.24. The molecule has 0 spiro atoms. The maximum atomic E-state index is 7.27. The first kappa shape index (κ1) is 13.5. The fourth-order valence-corrected chi connectivity index (χ4v) is 8.90. The average molecular weight is 346 g/mol. The number of hydrogen-bond donors (Lipinski definition) is 0. The van der Waals surface area contributed by atoms with Crippen LogP contribution in [-0.4, -0.2) is 11.9 Å². The van der Waals surface area contributed by atoms with Crippen LogP contribution in [-0.2, 0) is 0 Å². The Kier molecular flexibility index (Phi) is 3.93. The molecule has 0 saturated heterocycles. The van der Waals surface area contributed by atoms with Gasteiger partial charge in [0.1, 0.15) is 0 Å². The average Bonchev–Trinajstić information content (AvgIpc) is 2.56. The Balaban J connectivity index is 2.24. The molecule has 0 atom stereocenters. The molecule has 3 aromatic rings. The number of hydrogen-bond acceptors (Lipinski definition) is 0. The fraction of sp³-hybridized carbons (Fsp3) is 0. The molecule has 0 aromatic heterocycles. The van der Waals surface area contributed by atoms with E-state index >= 15 is 0 Å². The van der Waals surface area contributed by atoms with Gasteiger partial charge in [0.2, 0.25) is 0 Å². The van der Waals surface area contributed by atoms with Gasteiger partial charge in [-0.25, -0.2) is 0 Å². The molecule has 20 heavy (non-hydrogen) atoms. The standard InChI is InChI=1S/C18H15ClSe/c19-20(16-10-4-1-5-11-16,17-12-6-2-7-13-17)18-14-8-3-9-15-18/h1-15H. The third-order valence-corrected chi connectivity index (χ3v) is 11.8. The number of halogens is 1. The van der Waals surface area contributed by atoms with Crippen molar-refractivity contribution in [2.45, 2.75) is 0 Å². The molecule has 2 heteroatoms. The third kappa shape index (κ3) is 2.41. The van der Waals surface area contributed by atoms with Gasteiger partial charge in [-0.3, -0.25) is 0 Å². The van der Waals surface area contributed by atoms with Crippen molar-refractivity contribution in [3.05, 3.63) is 91.0 Å². The summed E-state index contributed by atoms with van der Waals surface area (Å²) in [6.07, 6.45) is 0. The van der Waals surface area contributed by atoms with Crippen LogP contribution in [0.5, 0.6) is 0 Å². The van der Waals surface area contributed by atoms with Crippen molar-refractivity contribution >= 4 is 35.4 Å². The molecule has 3 aromatic carbocycles. The fourth-order valence-electron chi connectivity index (χ4n) is 2.23. The molecule has 0 aliphatic carbocycles. The van der Waals surface area contributed by atoms with Crippen LogP contribution < -0.4 is 13.4 Å². The summed E-state index contributed by atoms with van der Waals surface area (Å²) in [6, 6.07) is 31.4. The van der Waals surface area contributed by atoms with Crippen LogP contribution in [0.15, 0.2) is 91.0 Å². The van der Waals surface area contributed by atoms with E-state index in [0.29, 0.717) is 0 Å². The molecule has 0 fully saturated rings. The van der Waals surface area contributed by atoms with Gasteiger partial charge in [-0.1, -0.05) is 0 Å². The monoisotopic (exact) mass is 346 g/mol. The summed E-state index contributed by atoms with van der Waals surface area (Å²) >= 11 is -2.63. The predicted octanol–water partition coefficient (Wildman–Crippen LogP) is 2.89. The predicted molar refractivity (Wildman–Crippen MR) is 89.8 cm³/mol. The van der Waals surface area contributed by atoms with Gasteiger partial charge >= 0.3 is 126 Å². The van der Waals surface area contributed by atoms with E-state index in [-0.39, 0.29) is 0 Å². The normalized spacial score (nSPS) is 12.1. The Bertz CT molecular complexity index is 569. The first-order valence-electron chi connectivity index (χ1n) is 6.50. The topological polar surface area (TPSA) is 0 Å². The van der Waals surface area contributed by atoms with Crippen LogP contribution in [0.4, 0.5) is 0 Å². The van der Waals surface area contributed by atoms with E-state index in [4.69, 9.17) is 10.1 Å². The molecule has 0 unspecified atom stereocenters. The van der Waals surface area contributed by atoms with Gasteiger partial charge in [0.15, 0.2) is 0 Å². The van der Waals surface area contributed by atoms with E-state index in [0.717, 1.165) is 0 Å². The van der Waals surface area contributed by atoms with E-state index < -0.39 is 11.9 Å². The van der Waals surface area contributed by atoms with Crippen molar-refractivity contribution in [3.63, 3.8) is 0 Å². The zero-order valence-electron chi connectivity index (χ0n) is 10.9. The van der Waals surface area contributed by atoms with Crippen molar-refractivity contribution in [3.8, 4) is 0 Å². The van der Waals surface area contributed by atoms with E-state index in [1.165, 1.54) is 13.4 Å². The molecule has 0 heterocycles. The van der Waals surface area contributed by atoms with Gasteiger partial charge in [0.05, 0.1) is 0 Å². The van der Waals surface area contributed by atoms with E-state index in [9.17, 15) is 0 Å². The molecule has 0 radical (unpaired) electrons. The van der Waals surface area contributed by atoms with Gasteiger partial charge in [-0.15, -0.1) is 0 Å². The molecule has 0 aliphatic rings. The Morgan fingerprint density at radius 1 is 0.450 bits per heavy atom. The Labute approximate surface area is 126 Å². The van der Waals surface area contributed by atoms with Crippen molar-refractivity contribution in [2.75, 3.05) is 0 Å². The Morgan fingerprint density at radius 2 is 0.700 bits per heavy atom. The van der Waals surface area contributed by atoms with Crippen LogP contribution >= 0.6 is 10.1 Å². The third-order valence-electron chi connectivity index (χ3n) is 3.20. The second-order valence-electron chi connectivity index (χ2n) is 4.48. The molecule has 0 nitrogen and oxygen atoms in total. The summed E-state index contributed by atoms with van der Waals surface area (Å²) in [4.78, 5) is 0. The van der Waals surface area contributed by atoms with Crippen LogP contribution in [0.2, 0.25) is 0 Å². The molecule has 3 rings (SSSR count). The molecule has 0 aliphatic heterocycles. The minimum atomic E-state index is -2.63. The summed E-state index contributed by atoms with van der Waals surface area (Å²) in [5.41, 5.74) is 0. The van der Waals surface area contributed by atoms with Gasteiger partial charge < -0.3 is 0 Å². The second kappa shape index (κ2) is 5.85. The van der Waals surface area contributed by atoms with Gasteiger partial charge in [0.25, 0.3) is 0 Å². The zero-order valence-corrected chi connectivity index (χ0v) is 13.4. The van der Waals surface area contributed by atoms with Crippen molar-refractivity contribution < 1.29 is 0 Å². The summed E-state index contributed by atoms with van der Waals surface area (Å²) < 4.78 is 3.72. The van der Waals surface area contributed by atoms with Gasteiger partial charge in [-0.05, 0) is 0 Å². The first-order valence-corrected chi connectivity index (χ1v) is 11.3. The molecule has 0 saturated carbocycles. The number of rotatable bonds is 3. The molecule has 0 amide bonds. The van der Waals surface area contributed by atoms with E-state index in [2.05, 4.69) is 72.8 Å². The van der Waals surface area contributed by atoms with Crippen molar-refractivity contribution in [1.29, 1.82) is 0 Å². The molecule has 0 bridgehead atoms. The second-order valence-corrected chi connectivity index (χ2v) is 12.1. The van der Waals surface area contributed by atoms with Crippen LogP contribution in [0.25, 0.3) is 0 Å². The van der Waals surface area contributed by atoms with E-state index in [1.54, 1.807) is 0 Å².